The summed E-state index contributed by atoms with van der Waals surface area (Å²) in [7, 11) is 0. The summed E-state index contributed by atoms with van der Waals surface area (Å²) in [6.45, 7) is 1.94. The summed E-state index contributed by atoms with van der Waals surface area (Å²) in [5, 5.41) is 3.23. The maximum Gasteiger partial charge on any atom is 0.248 e. The summed E-state index contributed by atoms with van der Waals surface area (Å²) in [5.74, 6) is -0.239. The molecule has 0 spiro atoms. The number of rotatable bonds is 3. The van der Waals surface area contributed by atoms with Gasteiger partial charge >= 0.3 is 0 Å². The molecule has 0 fully saturated rings. The average Bonchev–Trinajstić information content (AvgIpc) is 2.43. The Kier molecular flexibility index (Phi) is 4.43. The highest BCUT2D eigenvalue weighted by molar-refractivity contribution is 6.33. The zero-order valence-corrected chi connectivity index (χ0v) is 11.8. The van der Waals surface area contributed by atoms with Crippen LogP contribution in [0.1, 0.15) is 11.1 Å². The highest BCUT2D eigenvalue weighted by atomic mass is 35.5. The number of hydrogen-bond donors (Lipinski definition) is 2. The van der Waals surface area contributed by atoms with Gasteiger partial charge in [0.15, 0.2) is 0 Å². The third kappa shape index (κ3) is 3.62. The number of amides is 1. The van der Waals surface area contributed by atoms with Crippen LogP contribution in [0.3, 0.4) is 0 Å². The van der Waals surface area contributed by atoms with Crippen molar-refractivity contribution < 1.29 is 4.79 Å². The Bertz CT molecular complexity index is 665. The molecule has 0 unspecified atom stereocenters. The Morgan fingerprint density at radius 1 is 1.25 bits per heavy atom. The van der Waals surface area contributed by atoms with Gasteiger partial charge in [-0.3, -0.25) is 4.79 Å². The molecule has 0 saturated heterocycles. The smallest absolute Gasteiger partial charge is 0.248 e. The average molecular weight is 287 g/mol. The van der Waals surface area contributed by atoms with Crippen LogP contribution in [-0.4, -0.2) is 5.91 Å². The van der Waals surface area contributed by atoms with Gasteiger partial charge in [-0.1, -0.05) is 35.9 Å². The summed E-state index contributed by atoms with van der Waals surface area (Å²) in [5.41, 5.74) is 9.01. The number of halogens is 1. The highest BCUT2D eigenvalue weighted by Gasteiger charge is 2.01. The van der Waals surface area contributed by atoms with Gasteiger partial charge in [-0.25, -0.2) is 0 Å². The van der Waals surface area contributed by atoms with Crippen LogP contribution < -0.4 is 11.1 Å². The monoisotopic (exact) mass is 286 g/mol. The SMILES string of the molecule is Cc1ccc(/C=C/C(=O)Nc2ccccc2Cl)cc1N. The van der Waals surface area contributed by atoms with Crippen molar-refractivity contribution in [1.29, 1.82) is 0 Å². The van der Waals surface area contributed by atoms with Crippen LogP contribution in [0, 0.1) is 6.92 Å². The van der Waals surface area contributed by atoms with Gasteiger partial charge in [0.1, 0.15) is 0 Å². The van der Waals surface area contributed by atoms with E-state index in [2.05, 4.69) is 5.32 Å². The van der Waals surface area contributed by atoms with Gasteiger partial charge in [-0.05, 0) is 42.3 Å². The molecule has 0 radical (unpaired) electrons. The van der Waals surface area contributed by atoms with Crippen LogP contribution in [0.5, 0.6) is 0 Å². The van der Waals surface area contributed by atoms with Gasteiger partial charge in [0.05, 0.1) is 10.7 Å². The van der Waals surface area contributed by atoms with E-state index in [1.165, 1.54) is 6.08 Å². The third-order valence-corrected chi connectivity index (χ3v) is 3.19. The quantitative estimate of drug-likeness (QED) is 0.664. The summed E-state index contributed by atoms with van der Waals surface area (Å²) in [6, 6.07) is 12.7. The number of para-hydroxylation sites is 1. The lowest BCUT2D eigenvalue weighted by Gasteiger charge is -2.04. The van der Waals surface area contributed by atoms with Crippen LogP contribution in [0.2, 0.25) is 5.02 Å². The van der Waals surface area contributed by atoms with Crippen molar-refractivity contribution in [2.45, 2.75) is 6.92 Å². The number of nitrogens with two attached hydrogens (primary N) is 1. The van der Waals surface area contributed by atoms with Crippen molar-refractivity contribution in [1.82, 2.24) is 0 Å². The van der Waals surface area contributed by atoms with Crippen LogP contribution in [0.25, 0.3) is 6.08 Å². The minimum Gasteiger partial charge on any atom is -0.398 e. The molecule has 0 bridgehead atoms. The normalized spacial score (nSPS) is 10.7. The third-order valence-electron chi connectivity index (χ3n) is 2.86. The van der Waals surface area contributed by atoms with E-state index < -0.39 is 0 Å². The van der Waals surface area contributed by atoms with E-state index in [1.807, 2.05) is 37.3 Å². The molecule has 0 aliphatic carbocycles. The van der Waals surface area contributed by atoms with Crippen molar-refractivity contribution in [2.24, 2.45) is 0 Å². The predicted molar refractivity (Wildman–Crippen MR) is 84.7 cm³/mol. The second kappa shape index (κ2) is 6.26. The molecule has 102 valence electrons. The van der Waals surface area contributed by atoms with Crippen molar-refractivity contribution in [3.63, 3.8) is 0 Å². The maximum atomic E-state index is 11.8. The minimum atomic E-state index is -0.239. The van der Waals surface area contributed by atoms with Crippen molar-refractivity contribution in [2.75, 3.05) is 11.1 Å². The topological polar surface area (TPSA) is 55.1 Å². The number of benzene rings is 2. The molecule has 20 heavy (non-hydrogen) atoms. The molecule has 0 aromatic heterocycles. The molecular formula is C16H15ClN2O. The van der Waals surface area contributed by atoms with Gasteiger partial charge in [-0.15, -0.1) is 0 Å². The Hall–Kier alpha value is -2.26. The van der Waals surface area contributed by atoms with E-state index in [9.17, 15) is 4.79 Å². The fourth-order valence-corrected chi connectivity index (χ4v) is 1.85. The summed E-state index contributed by atoms with van der Waals surface area (Å²) >= 11 is 5.97. The number of carbonyl (C=O) groups excluding carboxylic acids is 1. The lowest BCUT2D eigenvalue weighted by Crippen LogP contribution is -2.07. The first kappa shape index (κ1) is 14.2. The first-order valence-electron chi connectivity index (χ1n) is 6.16. The molecule has 2 rings (SSSR count). The summed E-state index contributed by atoms with van der Waals surface area (Å²) in [6.07, 6.45) is 3.16. The Balaban J connectivity index is 2.06. The van der Waals surface area contributed by atoms with Crippen LogP contribution in [0.15, 0.2) is 48.5 Å². The van der Waals surface area contributed by atoms with Crippen LogP contribution in [0.4, 0.5) is 11.4 Å². The zero-order valence-electron chi connectivity index (χ0n) is 11.1. The molecule has 2 aromatic rings. The lowest BCUT2D eigenvalue weighted by molar-refractivity contribution is -0.111. The van der Waals surface area contributed by atoms with Gasteiger partial charge in [0, 0.05) is 11.8 Å². The van der Waals surface area contributed by atoms with E-state index in [-0.39, 0.29) is 5.91 Å². The number of carbonyl (C=O) groups is 1. The van der Waals surface area contributed by atoms with Gasteiger partial charge in [0.25, 0.3) is 0 Å². The first-order chi connectivity index (χ1) is 9.56. The Labute approximate surface area is 123 Å². The molecule has 1 amide bonds. The number of nitrogens with one attached hydrogen (secondary N) is 1. The van der Waals surface area contributed by atoms with E-state index in [0.29, 0.717) is 16.4 Å². The summed E-state index contributed by atoms with van der Waals surface area (Å²) in [4.78, 5) is 11.8. The van der Waals surface area contributed by atoms with Crippen molar-refractivity contribution >= 4 is 35.0 Å². The first-order valence-corrected chi connectivity index (χ1v) is 6.54. The number of anilines is 2. The van der Waals surface area contributed by atoms with Gasteiger partial charge in [0.2, 0.25) is 5.91 Å². The molecule has 0 saturated carbocycles. The lowest BCUT2D eigenvalue weighted by atomic mass is 10.1. The molecule has 4 heteroatoms. The molecule has 2 aromatic carbocycles. The fourth-order valence-electron chi connectivity index (χ4n) is 1.67. The Morgan fingerprint density at radius 3 is 2.70 bits per heavy atom. The van der Waals surface area contributed by atoms with E-state index in [1.54, 1.807) is 18.2 Å². The summed E-state index contributed by atoms with van der Waals surface area (Å²) < 4.78 is 0. The molecule has 0 aliphatic heterocycles. The van der Waals surface area contributed by atoms with Crippen molar-refractivity contribution in [3.05, 3.63) is 64.7 Å². The second-order valence-electron chi connectivity index (χ2n) is 4.42. The molecular weight excluding hydrogens is 272 g/mol. The van der Waals surface area contributed by atoms with Gasteiger partial charge in [-0.2, -0.15) is 0 Å². The predicted octanol–water partition coefficient (Wildman–Crippen LogP) is 3.88. The van der Waals surface area contributed by atoms with Crippen LogP contribution in [-0.2, 0) is 4.79 Å². The maximum absolute atomic E-state index is 11.8. The standard InChI is InChI=1S/C16H15ClN2O/c1-11-6-7-12(10-14(11)18)8-9-16(20)19-15-5-3-2-4-13(15)17/h2-10H,18H2,1H3,(H,19,20)/b9-8+. The zero-order chi connectivity index (χ0) is 14.5. The Morgan fingerprint density at radius 2 is 2.00 bits per heavy atom. The van der Waals surface area contributed by atoms with E-state index in [4.69, 9.17) is 17.3 Å². The van der Waals surface area contributed by atoms with Crippen LogP contribution >= 0.6 is 11.6 Å². The van der Waals surface area contributed by atoms with Gasteiger partial charge < -0.3 is 11.1 Å². The second-order valence-corrected chi connectivity index (χ2v) is 4.83. The number of nitrogen functional groups attached to an aromatic ring is 1. The molecule has 3 nitrogen and oxygen atoms in total. The highest BCUT2D eigenvalue weighted by Crippen LogP contribution is 2.20. The largest absolute Gasteiger partial charge is 0.398 e. The molecule has 3 N–H and O–H groups in total. The van der Waals surface area contributed by atoms with E-state index in [0.717, 1.165) is 11.1 Å². The number of aryl methyl sites for hydroxylation is 1. The molecule has 0 aliphatic rings. The minimum absolute atomic E-state index is 0.239. The van der Waals surface area contributed by atoms with Crippen molar-refractivity contribution in [3.8, 4) is 0 Å². The molecule has 0 atom stereocenters. The van der Waals surface area contributed by atoms with E-state index >= 15 is 0 Å². The number of hydrogen-bond acceptors (Lipinski definition) is 2. The fraction of sp³-hybridized carbons (Fsp3) is 0.0625. The molecule has 0 heterocycles.